The summed E-state index contributed by atoms with van der Waals surface area (Å²) in [7, 11) is -3.15. The molecule has 0 bridgehead atoms. The lowest BCUT2D eigenvalue weighted by molar-refractivity contribution is -0.273. The number of nitrogen functional groups attached to an aromatic ring is 1. The Balaban J connectivity index is 1.65. The molecule has 236 valence electrons. The van der Waals surface area contributed by atoms with E-state index in [4.69, 9.17) is 24.3 Å². The highest BCUT2D eigenvalue weighted by Gasteiger charge is 2.73. The van der Waals surface area contributed by atoms with Gasteiger partial charge in [0.2, 0.25) is 5.95 Å². The topological polar surface area (TPSA) is 185 Å². The number of nitrogens with two attached hydrogens (primary N) is 1. The summed E-state index contributed by atoms with van der Waals surface area (Å²) in [4.78, 5) is 24.1. The number of esters is 1. The first-order valence-electron chi connectivity index (χ1n) is 12.8. The molecular formula is C24H30F4N7O7P. The zero-order valence-electron chi connectivity index (χ0n) is 23.3. The molecule has 19 heteroatoms. The molecule has 1 unspecified atom stereocenters. The fourth-order valence-corrected chi connectivity index (χ4v) is 5.75. The summed E-state index contributed by atoms with van der Waals surface area (Å²) in [6, 6.07) is 6.23. The largest absolute Gasteiger partial charge is 0.462 e. The van der Waals surface area contributed by atoms with Crippen molar-refractivity contribution in [1.82, 2.24) is 24.6 Å². The number of aromatic nitrogens is 4. The predicted octanol–water partition coefficient (Wildman–Crippen LogP) is 3.11. The van der Waals surface area contributed by atoms with E-state index in [0.29, 0.717) is 4.57 Å². The predicted molar refractivity (Wildman–Crippen MR) is 144 cm³/mol. The van der Waals surface area contributed by atoms with E-state index in [1.165, 1.54) is 38.2 Å². The van der Waals surface area contributed by atoms with Gasteiger partial charge in [-0.05, 0) is 32.9 Å². The van der Waals surface area contributed by atoms with Crippen molar-refractivity contribution in [2.75, 3.05) is 24.7 Å². The first kappa shape index (κ1) is 32.3. The van der Waals surface area contributed by atoms with Crippen LogP contribution in [0.25, 0.3) is 11.2 Å². The molecule has 0 spiro atoms. The van der Waals surface area contributed by atoms with Crippen LogP contribution < -0.4 is 20.7 Å². The molecule has 4 rings (SSSR count). The van der Waals surface area contributed by atoms with Crippen LogP contribution >= 0.6 is 7.75 Å². The van der Waals surface area contributed by atoms with E-state index in [1.54, 1.807) is 19.9 Å². The zero-order valence-corrected chi connectivity index (χ0v) is 24.2. The van der Waals surface area contributed by atoms with E-state index in [0.717, 1.165) is 6.33 Å². The Morgan fingerprint density at radius 1 is 1.26 bits per heavy atom. The number of alkyl halides is 4. The van der Waals surface area contributed by atoms with Crippen LogP contribution in [0.5, 0.6) is 5.75 Å². The number of nitrogens with one attached hydrogen (secondary N) is 2. The van der Waals surface area contributed by atoms with Crippen LogP contribution in [0.2, 0.25) is 0 Å². The van der Waals surface area contributed by atoms with Crippen molar-refractivity contribution in [3.8, 4) is 5.75 Å². The lowest BCUT2D eigenvalue weighted by Gasteiger charge is -2.31. The maximum absolute atomic E-state index is 16.0. The molecule has 43 heavy (non-hydrogen) atoms. The van der Waals surface area contributed by atoms with E-state index in [9.17, 15) is 27.6 Å². The number of nitrogens with zero attached hydrogens (tertiary/aromatic N) is 4. The van der Waals surface area contributed by atoms with Crippen molar-refractivity contribution < 1.29 is 50.5 Å². The second kappa shape index (κ2) is 12.2. The van der Waals surface area contributed by atoms with Gasteiger partial charge in [0.15, 0.2) is 23.2 Å². The molecule has 3 aromatic rings. The molecule has 0 radical (unpaired) electrons. The zero-order chi connectivity index (χ0) is 31.7. The van der Waals surface area contributed by atoms with Gasteiger partial charge in [-0.25, -0.2) is 13.9 Å². The normalized spacial score (nSPS) is 24.6. The average Bonchev–Trinajstić information content (AvgIpc) is 3.45. The number of carbonyl (C=O) groups excluding carboxylic acids is 1. The van der Waals surface area contributed by atoms with Gasteiger partial charge in [0.25, 0.3) is 5.67 Å². The van der Waals surface area contributed by atoms with Gasteiger partial charge in [-0.1, -0.05) is 18.2 Å². The van der Waals surface area contributed by atoms with Gasteiger partial charge in [-0.2, -0.15) is 28.2 Å². The number of para-hydroxylation sites is 1. The molecule has 0 amide bonds. The molecule has 2 aromatic heterocycles. The Hall–Kier alpha value is -3.57. The summed E-state index contributed by atoms with van der Waals surface area (Å²) in [6.45, 7) is 3.39. The van der Waals surface area contributed by atoms with Gasteiger partial charge in [-0.15, -0.1) is 0 Å². The van der Waals surface area contributed by atoms with Crippen molar-refractivity contribution in [3.05, 3.63) is 36.7 Å². The van der Waals surface area contributed by atoms with E-state index >= 15 is 4.39 Å². The number of imidazole rings is 1. The number of rotatable bonds is 11. The van der Waals surface area contributed by atoms with Crippen molar-refractivity contribution in [3.63, 3.8) is 0 Å². The Morgan fingerprint density at radius 2 is 1.93 bits per heavy atom. The van der Waals surface area contributed by atoms with E-state index in [-0.39, 0.29) is 28.7 Å². The summed E-state index contributed by atoms with van der Waals surface area (Å²) in [5.74, 6) is -1.14. The molecule has 1 aliphatic rings. The second-order valence-corrected chi connectivity index (χ2v) is 11.5. The van der Waals surface area contributed by atoms with E-state index < -0.39 is 62.7 Å². The van der Waals surface area contributed by atoms with Gasteiger partial charge < -0.3 is 30.2 Å². The van der Waals surface area contributed by atoms with Crippen LogP contribution in [0, 0.1) is 0 Å². The highest BCUT2D eigenvalue weighted by Crippen LogP contribution is 2.53. The standard InChI is InChI=1S/C24H30F4N7O7P/c1-12(2)40-20(37)13(3)34-43(38,42-14-8-6-5-7-9-14)39-10-15-17(36)23(25,24(26,27)28)21(41-15)35-11-31-16-18(30-4)32-22(29)33-19(16)35/h5-9,11-13,15,17,21,36H,10H2,1-4H3,(H,34,38)(H3,29,30,32,33)/t13?,15-,17-,21-,23-,43+/m1/s1. The lowest BCUT2D eigenvalue weighted by atomic mass is 9.95. The minimum atomic E-state index is -5.68. The minimum Gasteiger partial charge on any atom is -0.462 e. The smallest absolute Gasteiger partial charge is 0.459 e. The summed E-state index contributed by atoms with van der Waals surface area (Å²) in [5, 5.41) is 15.7. The van der Waals surface area contributed by atoms with Crippen molar-refractivity contribution in [2.45, 2.75) is 63.2 Å². The van der Waals surface area contributed by atoms with Crippen LogP contribution in [0.1, 0.15) is 27.0 Å². The Morgan fingerprint density at radius 3 is 2.53 bits per heavy atom. The SMILES string of the molecule is CNc1nc(N)nc2c1ncn2[C@@H]1O[C@H](CO[P@@](=O)(NC(C)C(=O)OC(C)C)Oc2ccccc2)[C@@H](O)[C@]1(F)C(F)(F)F. The number of fused-ring (bicyclic) bond motifs is 1. The van der Waals surface area contributed by atoms with Crippen LogP contribution in [-0.4, -0.2) is 80.4 Å². The van der Waals surface area contributed by atoms with Gasteiger partial charge in [0, 0.05) is 7.05 Å². The first-order valence-corrected chi connectivity index (χ1v) is 14.4. The molecule has 14 nitrogen and oxygen atoms in total. The van der Waals surface area contributed by atoms with E-state index in [2.05, 4.69) is 25.4 Å². The number of hydrogen-bond donors (Lipinski definition) is 4. The number of aliphatic hydroxyl groups is 1. The molecule has 1 aliphatic heterocycles. The summed E-state index contributed by atoms with van der Waals surface area (Å²) >= 11 is 0. The summed E-state index contributed by atoms with van der Waals surface area (Å²) < 4.78 is 94.4. The first-order chi connectivity index (χ1) is 20.1. The average molecular weight is 636 g/mol. The lowest BCUT2D eigenvalue weighted by Crippen LogP contribution is -2.54. The minimum absolute atomic E-state index is 0.00570. The Kier molecular flexibility index (Phi) is 9.18. The highest BCUT2D eigenvalue weighted by atomic mass is 31.2. The molecule has 1 fully saturated rings. The Bertz CT molecular complexity index is 1500. The van der Waals surface area contributed by atoms with Crippen molar-refractivity contribution >= 4 is 36.6 Å². The van der Waals surface area contributed by atoms with Crippen LogP contribution in [-0.2, 0) is 23.4 Å². The number of anilines is 2. The van der Waals surface area contributed by atoms with Gasteiger partial charge in [0.05, 0.1) is 19.0 Å². The van der Waals surface area contributed by atoms with Crippen molar-refractivity contribution in [2.24, 2.45) is 0 Å². The quantitative estimate of drug-likeness (QED) is 0.137. The number of hydrogen-bond acceptors (Lipinski definition) is 12. The number of carbonyl (C=O) groups is 1. The maximum atomic E-state index is 16.0. The third kappa shape index (κ3) is 6.52. The second-order valence-electron chi connectivity index (χ2n) is 9.78. The summed E-state index contributed by atoms with van der Waals surface area (Å²) in [5.41, 5.74) is 0.881. The van der Waals surface area contributed by atoms with Crippen LogP contribution in [0.4, 0.5) is 29.3 Å². The molecule has 0 aliphatic carbocycles. The monoisotopic (exact) mass is 635 g/mol. The molecular weight excluding hydrogens is 605 g/mol. The third-order valence-electron chi connectivity index (χ3n) is 6.24. The van der Waals surface area contributed by atoms with Gasteiger partial charge in [-0.3, -0.25) is 13.9 Å². The molecule has 0 saturated carbocycles. The molecule has 6 atom stereocenters. The Labute approximate surface area is 242 Å². The number of aliphatic hydroxyl groups excluding tert-OH is 1. The van der Waals surface area contributed by atoms with Crippen LogP contribution in [0.15, 0.2) is 36.7 Å². The van der Waals surface area contributed by atoms with Crippen LogP contribution in [0.3, 0.4) is 0 Å². The maximum Gasteiger partial charge on any atom is 0.459 e. The molecule has 5 N–H and O–H groups in total. The summed E-state index contributed by atoms with van der Waals surface area (Å²) in [6.07, 6.45) is -12.9. The molecule has 3 heterocycles. The van der Waals surface area contributed by atoms with Gasteiger partial charge in [0.1, 0.15) is 24.0 Å². The molecule has 1 saturated heterocycles. The number of halogens is 4. The van der Waals surface area contributed by atoms with Crippen molar-refractivity contribution in [1.29, 1.82) is 0 Å². The third-order valence-corrected chi connectivity index (χ3v) is 7.89. The number of benzene rings is 1. The van der Waals surface area contributed by atoms with E-state index in [1.807, 2.05) is 0 Å². The number of ether oxygens (including phenoxy) is 2. The highest BCUT2D eigenvalue weighted by molar-refractivity contribution is 7.52. The fraction of sp³-hybridized carbons (Fsp3) is 0.500. The van der Waals surface area contributed by atoms with Gasteiger partial charge >= 0.3 is 19.9 Å². The fourth-order valence-electron chi connectivity index (χ4n) is 4.25. The molecule has 1 aromatic carbocycles.